The summed E-state index contributed by atoms with van der Waals surface area (Å²) in [7, 11) is 1.63. The van der Waals surface area contributed by atoms with Crippen LogP contribution >= 0.6 is 0 Å². The van der Waals surface area contributed by atoms with Crippen molar-refractivity contribution in [1.29, 1.82) is 5.26 Å². The number of methoxy groups -OCH3 is 1. The monoisotopic (exact) mass is 577 g/mol. The van der Waals surface area contributed by atoms with Gasteiger partial charge in [-0.1, -0.05) is 49.2 Å². The molecule has 3 heterocycles. The number of hydrogen-bond acceptors (Lipinski definition) is 5. The Hall–Kier alpha value is -3.69. The number of carbonyl (C=O) groups excluding carboxylic acids is 1. The van der Waals surface area contributed by atoms with Crippen molar-refractivity contribution in [3.63, 3.8) is 0 Å². The van der Waals surface area contributed by atoms with Gasteiger partial charge in [0.05, 0.1) is 30.8 Å². The van der Waals surface area contributed by atoms with Crippen LogP contribution in [0.1, 0.15) is 82.8 Å². The second-order valence-electron chi connectivity index (χ2n) is 13.6. The zero-order valence-electron chi connectivity index (χ0n) is 25.8. The SMILES string of the molecule is COc1cc(-c2cccc(N(CC34CCC(c5ccc(C(C)(C)C#N)cc5)(CC3)OC4)C(=O)CC3CCCC3)c2)ccn1. The predicted octanol–water partition coefficient (Wildman–Crippen LogP) is 7.96. The fraction of sp³-hybridized carbons (Fsp3) is 0.486. The Morgan fingerprint density at radius 2 is 1.77 bits per heavy atom. The average Bonchev–Trinajstić information content (AvgIpc) is 3.57. The molecule has 6 heteroatoms. The number of amides is 1. The van der Waals surface area contributed by atoms with Gasteiger partial charge in [-0.05, 0) is 98.7 Å². The van der Waals surface area contributed by atoms with Crippen molar-refractivity contribution in [2.24, 2.45) is 11.3 Å². The fourth-order valence-corrected chi connectivity index (χ4v) is 7.38. The molecule has 2 bridgehead atoms. The first kappa shape index (κ1) is 29.4. The number of ether oxygens (including phenoxy) is 2. The molecule has 1 aromatic heterocycles. The van der Waals surface area contributed by atoms with Gasteiger partial charge in [-0.15, -0.1) is 0 Å². The van der Waals surface area contributed by atoms with E-state index in [-0.39, 0.29) is 16.9 Å². The van der Waals surface area contributed by atoms with Gasteiger partial charge in [0.2, 0.25) is 11.8 Å². The van der Waals surface area contributed by atoms with Crippen molar-refractivity contribution < 1.29 is 14.3 Å². The molecule has 1 amide bonds. The van der Waals surface area contributed by atoms with Crippen molar-refractivity contribution >= 4 is 11.6 Å². The molecule has 0 atom stereocenters. The minimum absolute atomic E-state index is 0.0638. The molecule has 2 saturated heterocycles. The molecule has 2 saturated carbocycles. The van der Waals surface area contributed by atoms with E-state index in [1.807, 2.05) is 32.0 Å². The van der Waals surface area contributed by atoms with E-state index in [1.165, 1.54) is 18.4 Å². The van der Waals surface area contributed by atoms with E-state index < -0.39 is 5.41 Å². The number of nitriles is 1. The summed E-state index contributed by atoms with van der Waals surface area (Å²) in [6, 6.07) is 23.1. The van der Waals surface area contributed by atoms with Crippen molar-refractivity contribution in [2.45, 2.75) is 82.7 Å². The third-order valence-corrected chi connectivity index (χ3v) is 10.4. The van der Waals surface area contributed by atoms with E-state index in [0.717, 1.165) is 60.9 Å². The zero-order valence-corrected chi connectivity index (χ0v) is 25.8. The van der Waals surface area contributed by atoms with E-state index in [0.29, 0.717) is 31.4 Å². The summed E-state index contributed by atoms with van der Waals surface area (Å²) in [4.78, 5) is 20.4. The number of hydrogen-bond donors (Lipinski definition) is 0. The van der Waals surface area contributed by atoms with Crippen LogP contribution in [0.3, 0.4) is 0 Å². The van der Waals surface area contributed by atoms with E-state index in [9.17, 15) is 10.1 Å². The zero-order chi connectivity index (χ0) is 30.1. The molecule has 43 heavy (non-hydrogen) atoms. The maximum Gasteiger partial charge on any atom is 0.227 e. The summed E-state index contributed by atoms with van der Waals surface area (Å²) in [5, 5.41) is 9.55. The summed E-state index contributed by atoms with van der Waals surface area (Å²) in [5.41, 5.74) is 4.38. The standard InChI is InChI=1S/C37H43N3O3/c1-35(2,24-38)30-11-13-31(14-12-30)37-18-16-36(17-19-37,26-43-37)25-40(34(41)21-27-7-4-5-8-27)32-10-6-9-28(22-32)29-15-20-39-33(23-29)42-3/h6,9-15,20,22-23,27H,4-5,7-8,16-19,21,25-26H2,1-3H3. The van der Waals surface area contributed by atoms with Gasteiger partial charge >= 0.3 is 0 Å². The third-order valence-electron chi connectivity index (χ3n) is 10.4. The number of benzene rings is 2. The first-order valence-corrected chi connectivity index (χ1v) is 15.8. The molecule has 0 radical (unpaired) electrons. The van der Waals surface area contributed by atoms with Crippen molar-refractivity contribution in [2.75, 3.05) is 25.2 Å². The number of rotatable bonds is 9. The van der Waals surface area contributed by atoms with Gasteiger partial charge in [-0.3, -0.25) is 4.79 Å². The highest BCUT2D eigenvalue weighted by atomic mass is 16.5. The summed E-state index contributed by atoms with van der Waals surface area (Å²) in [6.45, 7) is 5.23. The summed E-state index contributed by atoms with van der Waals surface area (Å²) < 4.78 is 12.1. The van der Waals surface area contributed by atoms with Crippen molar-refractivity contribution in [1.82, 2.24) is 4.98 Å². The van der Waals surface area contributed by atoms with Gasteiger partial charge in [-0.25, -0.2) is 4.98 Å². The fourth-order valence-electron chi connectivity index (χ4n) is 7.38. The van der Waals surface area contributed by atoms with Crippen LogP contribution in [0.2, 0.25) is 0 Å². The number of fused-ring (bicyclic) bond motifs is 3. The van der Waals surface area contributed by atoms with Gasteiger partial charge in [0, 0.05) is 36.3 Å². The quantitative estimate of drug-likeness (QED) is 0.258. The smallest absolute Gasteiger partial charge is 0.227 e. The van der Waals surface area contributed by atoms with E-state index in [2.05, 4.69) is 58.4 Å². The first-order valence-electron chi connectivity index (χ1n) is 15.8. The Kier molecular flexibility index (Phi) is 8.04. The normalized spacial score (nSPS) is 23.6. The van der Waals surface area contributed by atoms with Crippen LogP contribution < -0.4 is 9.64 Å². The second kappa shape index (κ2) is 11.8. The molecular formula is C37H43N3O3. The highest BCUT2D eigenvalue weighted by molar-refractivity contribution is 5.94. The summed E-state index contributed by atoms with van der Waals surface area (Å²) >= 11 is 0. The molecule has 224 valence electrons. The third kappa shape index (κ3) is 5.93. The lowest BCUT2D eigenvalue weighted by atomic mass is 9.63. The molecular weight excluding hydrogens is 534 g/mol. The maximum atomic E-state index is 14.0. The van der Waals surface area contributed by atoms with Crippen molar-refractivity contribution in [3.05, 3.63) is 78.0 Å². The predicted molar refractivity (Wildman–Crippen MR) is 169 cm³/mol. The number of carbonyl (C=O) groups is 1. The molecule has 4 fully saturated rings. The molecule has 7 rings (SSSR count). The van der Waals surface area contributed by atoms with Crippen LogP contribution in [0, 0.1) is 22.7 Å². The topological polar surface area (TPSA) is 75.4 Å². The van der Waals surface area contributed by atoms with Crippen LogP contribution in [0.25, 0.3) is 11.1 Å². The van der Waals surface area contributed by atoms with E-state index in [4.69, 9.17) is 9.47 Å². The molecule has 2 aliphatic carbocycles. The van der Waals surface area contributed by atoms with Gasteiger partial charge < -0.3 is 14.4 Å². The average molecular weight is 578 g/mol. The molecule has 0 spiro atoms. The lowest BCUT2D eigenvalue weighted by Gasteiger charge is -2.54. The lowest BCUT2D eigenvalue weighted by Crippen LogP contribution is -2.54. The van der Waals surface area contributed by atoms with Gasteiger partial charge in [0.1, 0.15) is 0 Å². The lowest BCUT2D eigenvalue weighted by molar-refractivity contribution is -0.186. The summed E-state index contributed by atoms with van der Waals surface area (Å²) in [5.74, 6) is 1.28. The Morgan fingerprint density at radius 1 is 1.05 bits per heavy atom. The first-order chi connectivity index (χ1) is 20.7. The maximum absolute atomic E-state index is 14.0. The molecule has 0 unspecified atom stereocenters. The molecule has 6 nitrogen and oxygen atoms in total. The Bertz CT molecular complexity index is 1480. The van der Waals surface area contributed by atoms with Crippen LogP contribution in [-0.4, -0.2) is 31.2 Å². The number of pyridine rings is 1. The van der Waals surface area contributed by atoms with E-state index >= 15 is 0 Å². The van der Waals surface area contributed by atoms with Crippen LogP contribution in [-0.2, 0) is 20.5 Å². The Labute approximate surface area is 256 Å². The number of nitrogens with zero attached hydrogens (tertiary/aromatic N) is 3. The minimum Gasteiger partial charge on any atom is -0.481 e. The Morgan fingerprint density at radius 3 is 2.42 bits per heavy atom. The molecule has 0 N–H and O–H groups in total. The second-order valence-corrected chi connectivity index (χ2v) is 13.6. The van der Waals surface area contributed by atoms with Gasteiger partial charge in [-0.2, -0.15) is 5.26 Å². The van der Waals surface area contributed by atoms with Crippen molar-refractivity contribution in [3.8, 4) is 23.1 Å². The van der Waals surface area contributed by atoms with Crippen LogP contribution in [0.4, 0.5) is 5.69 Å². The minimum atomic E-state index is -0.513. The van der Waals surface area contributed by atoms with Crippen LogP contribution in [0.5, 0.6) is 5.88 Å². The largest absolute Gasteiger partial charge is 0.481 e. The molecule has 2 aromatic carbocycles. The van der Waals surface area contributed by atoms with Gasteiger partial charge in [0.15, 0.2) is 0 Å². The Balaban J connectivity index is 1.24. The van der Waals surface area contributed by atoms with Gasteiger partial charge in [0.25, 0.3) is 0 Å². The highest BCUT2D eigenvalue weighted by Gasteiger charge is 2.51. The highest BCUT2D eigenvalue weighted by Crippen LogP contribution is 2.54. The molecule has 3 aromatic rings. The molecule has 4 aliphatic rings. The number of anilines is 1. The number of aromatic nitrogens is 1. The summed E-state index contributed by atoms with van der Waals surface area (Å²) in [6.07, 6.45) is 11.0. The van der Waals surface area contributed by atoms with Crippen LogP contribution in [0.15, 0.2) is 66.9 Å². The molecule has 2 aliphatic heterocycles. The van der Waals surface area contributed by atoms with E-state index in [1.54, 1.807) is 13.3 Å².